The first-order valence-corrected chi connectivity index (χ1v) is 9.88. The number of amides is 1. The van der Waals surface area contributed by atoms with Gasteiger partial charge in [0.25, 0.3) is 5.91 Å². The molecule has 0 aromatic heterocycles. The number of carbonyl (C=O) groups is 1. The van der Waals surface area contributed by atoms with Crippen LogP contribution in [0, 0.1) is 3.57 Å². The number of ether oxygens (including phenoxy) is 1. The fourth-order valence-corrected chi connectivity index (χ4v) is 3.21. The number of carbonyl (C=O) groups excluding carboxylic acids is 1. The van der Waals surface area contributed by atoms with Crippen LogP contribution in [-0.4, -0.2) is 12.1 Å². The molecule has 1 N–H and O–H groups in total. The molecule has 3 aromatic carbocycles. The lowest BCUT2D eigenvalue weighted by molar-refractivity contribution is -0.137. The summed E-state index contributed by atoms with van der Waals surface area (Å²) in [6.45, 7) is 0.442. The Hall–Kier alpha value is -2.88. The third-order valence-electron chi connectivity index (χ3n) is 4.02. The van der Waals surface area contributed by atoms with E-state index < -0.39 is 17.6 Å². The fraction of sp³-hybridized carbons (Fsp3) is 0.0909. The average Bonchev–Trinajstić information content (AvgIpc) is 2.73. The van der Waals surface area contributed by atoms with Gasteiger partial charge in [-0.1, -0.05) is 36.4 Å². The molecular formula is C22H16F3IN2O2. The number of halogens is 4. The Kier molecular flexibility index (Phi) is 7.09. The standard InChI is InChI=1S/C22H16F3IN2O2/c23-22(24,25)18-8-4-7-17(12-18)21(29)28-27-13-16-9-10-20(19(26)11-16)30-14-15-5-2-1-3-6-15/h1-13H,14H2,(H,28,29)/b27-13-. The summed E-state index contributed by atoms with van der Waals surface area (Å²) < 4.78 is 44.9. The number of hydrogen-bond acceptors (Lipinski definition) is 3. The zero-order valence-corrected chi connectivity index (χ0v) is 17.6. The second kappa shape index (κ2) is 9.75. The van der Waals surface area contributed by atoms with Crippen molar-refractivity contribution in [3.05, 3.63) is 98.6 Å². The van der Waals surface area contributed by atoms with Gasteiger partial charge in [-0.05, 0) is 70.1 Å². The number of hydrazone groups is 1. The van der Waals surface area contributed by atoms with Crippen molar-refractivity contribution in [1.82, 2.24) is 5.43 Å². The van der Waals surface area contributed by atoms with Gasteiger partial charge in [0.15, 0.2) is 0 Å². The zero-order valence-electron chi connectivity index (χ0n) is 15.5. The van der Waals surface area contributed by atoms with Gasteiger partial charge in [-0.2, -0.15) is 18.3 Å². The number of nitrogens with zero attached hydrogens (tertiary/aromatic N) is 1. The van der Waals surface area contributed by atoms with Crippen LogP contribution in [0.5, 0.6) is 5.75 Å². The first-order chi connectivity index (χ1) is 14.3. The Morgan fingerprint density at radius 1 is 1.03 bits per heavy atom. The first kappa shape index (κ1) is 21.8. The predicted molar refractivity (Wildman–Crippen MR) is 116 cm³/mol. The predicted octanol–water partition coefficient (Wildman–Crippen LogP) is 5.65. The molecule has 4 nitrogen and oxygen atoms in total. The van der Waals surface area contributed by atoms with E-state index in [4.69, 9.17) is 4.74 Å². The van der Waals surface area contributed by atoms with Crippen molar-refractivity contribution in [2.24, 2.45) is 5.10 Å². The van der Waals surface area contributed by atoms with E-state index in [0.29, 0.717) is 17.9 Å². The molecule has 0 atom stereocenters. The van der Waals surface area contributed by atoms with Gasteiger partial charge >= 0.3 is 6.18 Å². The lowest BCUT2D eigenvalue weighted by Crippen LogP contribution is -2.18. The van der Waals surface area contributed by atoms with Gasteiger partial charge < -0.3 is 4.74 Å². The first-order valence-electron chi connectivity index (χ1n) is 8.80. The van der Waals surface area contributed by atoms with E-state index in [-0.39, 0.29) is 5.56 Å². The summed E-state index contributed by atoms with van der Waals surface area (Å²) >= 11 is 2.13. The second-order valence-electron chi connectivity index (χ2n) is 6.24. The monoisotopic (exact) mass is 524 g/mol. The van der Waals surface area contributed by atoms with Crippen molar-refractivity contribution in [2.75, 3.05) is 0 Å². The highest BCUT2D eigenvalue weighted by atomic mass is 127. The number of rotatable bonds is 6. The van der Waals surface area contributed by atoms with Crippen LogP contribution in [0.25, 0.3) is 0 Å². The Morgan fingerprint density at radius 2 is 1.80 bits per heavy atom. The molecule has 8 heteroatoms. The number of hydrogen-bond donors (Lipinski definition) is 1. The van der Waals surface area contributed by atoms with Crippen LogP contribution in [0.1, 0.15) is 27.0 Å². The fourth-order valence-electron chi connectivity index (χ4n) is 2.52. The minimum atomic E-state index is -4.51. The number of alkyl halides is 3. The molecule has 0 aliphatic rings. The molecule has 0 saturated heterocycles. The van der Waals surface area contributed by atoms with Gasteiger partial charge in [-0.25, -0.2) is 5.43 Å². The van der Waals surface area contributed by atoms with Gasteiger partial charge in [0, 0.05) is 5.56 Å². The molecule has 30 heavy (non-hydrogen) atoms. The minimum absolute atomic E-state index is 0.124. The van der Waals surface area contributed by atoms with Crippen molar-refractivity contribution in [3.63, 3.8) is 0 Å². The van der Waals surface area contributed by atoms with Gasteiger partial charge in [0.2, 0.25) is 0 Å². The summed E-state index contributed by atoms with van der Waals surface area (Å²) in [6, 6.07) is 19.3. The molecule has 0 bridgehead atoms. The summed E-state index contributed by atoms with van der Waals surface area (Å²) in [6.07, 6.45) is -3.10. The molecule has 0 unspecified atom stereocenters. The third-order valence-corrected chi connectivity index (χ3v) is 4.87. The quantitative estimate of drug-likeness (QED) is 0.258. The number of nitrogens with one attached hydrogen (secondary N) is 1. The molecule has 0 heterocycles. The van der Waals surface area contributed by atoms with E-state index in [2.05, 4.69) is 33.1 Å². The molecule has 0 radical (unpaired) electrons. The smallest absolute Gasteiger partial charge is 0.416 e. The van der Waals surface area contributed by atoms with Gasteiger partial charge in [-0.3, -0.25) is 4.79 Å². The van der Waals surface area contributed by atoms with Crippen molar-refractivity contribution in [3.8, 4) is 5.75 Å². The van der Waals surface area contributed by atoms with Crippen molar-refractivity contribution >= 4 is 34.7 Å². The Morgan fingerprint density at radius 3 is 2.50 bits per heavy atom. The largest absolute Gasteiger partial charge is 0.488 e. The van der Waals surface area contributed by atoms with Crippen molar-refractivity contribution < 1.29 is 22.7 Å². The Bertz CT molecular complexity index is 1050. The maximum absolute atomic E-state index is 12.8. The van der Waals surface area contributed by atoms with Crippen LogP contribution in [0.2, 0.25) is 0 Å². The molecule has 1 amide bonds. The average molecular weight is 524 g/mol. The van der Waals surface area contributed by atoms with Crippen molar-refractivity contribution in [2.45, 2.75) is 12.8 Å². The van der Waals surface area contributed by atoms with E-state index in [1.54, 1.807) is 12.1 Å². The summed E-state index contributed by atoms with van der Waals surface area (Å²) in [5.41, 5.74) is 2.98. The molecule has 154 valence electrons. The van der Waals surface area contributed by atoms with Crippen LogP contribution in [0.4, 0.5) is 13.2 Å². The van der Waals surface area contributed by atoms with Crippen LogP contribution in [0.3, 0.4) is 0 Å². The van der Waals surface area contributed by atoms with Gasteiger partial charge in [-0.15, -0.1) is 0 Å². The van der Waals surface area contributed by atoms with E-state index >= 15 is 0 Å². The van der Waals surface area contributed by atoms with Gasteiger partial charge in [0.1, 0.15) is 12.4 Å². The second-order valence-corrected chi connectivity index (χ2v) is 7.40. The lowest BCUT2D eigenvalue weighted by Gasteiger charge is -2.09. The summed E-state index contributed by atoms with van der Waals surface area (Å²) in [5.74, 6) is -0.0144. The van der Waals surface area contributed by atoms with Crippen molar-refractivity contribution in [1.29, 1.82) is 0 Å². The van der Waals surface area contributed by atoms with Gasteiger partial charge in [0.05, 0.1) is 15.3 Å². The number of benzene rings is 3. The van der Waals surface area contributed by atoms with E-state index in [0.717, 1.165) is 21.3 Å². The van der Waals surface area contributed by atoms with E-state index in [9.17, 15) is 18.0 Å². The minimum Gasteiger partial charge on any atom is -0.488 e. The molecule has 0 saturated carbocycles. The van der Waals surface area contributed by atoms with Crippen LogP contribution >= 0.6 is 22.6 Å². The molecule has 3 rings (SSSR count). The third kappa shape index (κ3) is 6.06. The highest BCUT2D eigenvalue weighted by molar-refractivity contribution is 14.1. The maximum atomic E-state index is 12.8. The molecule has 0 aliphatic heterocycles. The summed E-state index contributed by atoms with van der Waals surface area (Å²) in [5, 5.41) is 3.82. The molecule has 0 spiro atoms. The molecule has 0 fully saturated rings. The van der Waals surface area contributed by atoms with Crippen LogP contribution < -0.4 is 10.2 Å². The van der Waals surface area contributed by atoms with Crippen LogP contribution in [0.15, 0.2) is 77.9 Å². The molecular weight excluding hydrogens is 508 g/mol. The maximum Gasteiger partial charge on any atom is 0.416 e. The highest BCUT2D eigenvalue weighted by Gasteiger charge is 2.30. The molecule has 3 aromatic rings. The highest BCUT2D eigenvalue weighted by Crippen LogP contribution is 2.29. The molecule has 0 aliphatic carbocycles. The topological polar surface area (TPSA) is 50.7 Å². The summed E-state index contributed by atoms with van der Waals surface area (Å²) in [7, 11) is 0. The normalized spacial score (nSPS) is 11.5. The SMILES string of the molecule is O=C(N/N=C\c1ccc(OCc2ccccc2)c(I)c1)c1cccc(C(F)(F)F)c1. The Balaban J connectivity index is 1.60. The lowest BCUT2D eigenvalue weighted by atomic mass is 10.1. The summed E-state index contributed by atoms with van der Waals surface area (Å²) in [4.78, 5) is 12.0. The van der Waals surface area contributed by atoms with E-state index in [1.165, 1.54) is 18.3 Å². The Labute approximate surface area is 184 Å². The van der Waals surface area contributed by atoms with E-state index in [1.807, 2.05) is 36.4 Å². The zero-order chi connectivity index (χ0) is 21.6. The van der Waals surface area contributed by atoms with Crippen LogP contribution in [-0.2, 0) is 12.8 Å².